The summed E-state index contributed by atoms with van der Waals surface area (Å²) in [6.45, 7) is 4.11. The number of aryl methyl sites for hydroxylation is 1. The summed E-state index contributed by atoms with van der Waals surface area (Å²) in [4.78, 5) is 28.4. The lowest BCUT2D eigenvalue weighted by molar-refractivity contribution is -0.121. The van der Waals surface area contributed by atoms with E-state index in [0.29, 0.717) is 29.5 Å². The first kappa shape index (κ1) is 20.3. The molecule has 0 aliphatic heterocycles. The summed E-state index contributed by atoms with van der Waals surface area (Å²) in [5.74, 6) is -0.157. The second kappa shape index (κ2) is 9.17. The highest BCUT2D eigenvalue weighted by atomic mass is 35.5. The Balaban J connectivity index is 1.56. The third-order valence-electron chi connectivity index (χ3n) is 4.28. The van der Waals surface area contributed by atoms with Crippen molar-refractivity contribution >= 4 is 50.1 Å². The van der Waals surface area contributed by atoms with Gasteiger partial charge in [0, 0.05) is 23.9 Å². The Morgan fingerprint density at radius 1 is 1.18 bits per heavy atom. The molecule has 0 aliphatic carbocycles. The third kappa shape index (κ3) is 5.30. The highest BCUT2D eigenvalue weighted by Crippen LogP contribution is 2.27. The van der Waals surface area contributed by atoms with Crippen LogP contribution >= 0.6 is 22.9 Å². The second-order valence-corrected chi connectivity index (χ2v) is 8.27. The minimum atomic E-state index is -0.0909. The molecule has 0 aliphatic rings. The minimum absolute atomic E-state index is 0.0193. The van der Waals surface area contributed by atoms with Gasteiger partial charge in [0.25, 0.3) is 0 Å². The molecule has 3 aromatic rings. The lowest BCUT2D eigenvalue weighted by Crippen LogP contribution is -2.23. The predicted octanol–water partition coefficient (Wildman–Crippen LogP) is 4.79. The van der Waals surface area contributed by atoms with Crippen LogP contribution in [0.3, 0.4) is 0 Å². The van der Waals surface area contributed by atoms with Crippen LogP contribution in [0.1, 0.15) is 31.4 Å². The zero-order valence-electron chi connectivity index (χ0n) is 15.8. The maximum absolute atomic E-state index is 12.1. The predicted molar refractivity (Wildman–Crippen MR) is 115 cm³/mol. The van der Waals surface area contributed by atoms with Gasteiger partial charge in [-0.2, -0.15) is 0 Å². The van der Waals surface area contributed by atoms with Crippen molar-refractivity contribution in [3.63, 3.8) is 0 Å². The molecule has 0 fully saturated rings. The first-order valence-electron chi connectivity index (χ1n) is 9.13. The fourth-order valence-electron chi connectivity index (χ4n) is 2.61. The molecule has 1 heterocycles. The highest BCUT2D eigenvalue weighted by molar-refractivity contribution is 7.22. The van der Waals surface area contributed by atoms with Crippen molar-refractivity contribution in [2.75, 3.05) is 5.32 Å². The van der Waals surface area contributed by atoms with Gasteiger partial charge in [-0.25, -0.2) is 4.98 Å². The molecule has 0 saturated carbocycles. The SMILES string of the molecule is CC(C)C(=O)Nc1nc2ccc(CCC(=O)NCc3ccccc3Cl)cc2s1. The normalized spacial score (nSPS) is 11.0. The number of hydrogen-bond acceptors (Lipinski definition) is 4. The zero-order valence-corrected chi connectivity index (χ0v) is 17.4. The molecule has 0 unspecified atom stereocenters. The number of amides is 2. The Kier molecular flexibility index (Phi) is 6.65. The van der Waals surface area contributed by atoms with Crippen LogP contribution in [0.5, 0.6) is 0 Å². The number of rotatable bonds is 7. The van der Waals surface area contributed by atoms with Gasteiger partial charge in [-0.1, -0.05) is 61.1 Å². The Labute approximate surface area is 173 Å². The summed E-state index contributed by atoms with van der Waals surface area (Å²) < 4.78 is 0.994. The molecule has 0 saturated heterocycles. The van der Waals surface area contributed by atoms with Gasteiger partial charge >= 0.3 is 0 Å². The Morgan fingerprint density at radius 3 is 2.71 bits per heavy atom. The molecule has 2 N–H and O–H groups in total. The first-order chi connectivity index (χ1) is 13.4. The van der Waals surface area contributed by atoms with E-state index < -0.39 is 0 Å². The van der Waals surface area contributed by atoms with Gasteiger partial charge in [0.05, 0.1) is 10.2 Å². The maximum atomic E-state index is 12.1. The number of anilines is 1. The van der Waals surface area contributed by atoms with E-state index in [1.54, 1.807) is 0 Å². The number of aromatic nitrogens is 1. The number of nitrogens with zero attached hydrogens (tertiary/aromatic N) is 1. The van der Waals surface area contributed by atoms with E-state index in [4.69, 9.17) is 11.6 Å². The van der Waals surface area contributed by atoms with Crippen LogP contribution in [0, 0.1) is 5.92 Å². The molecule has 5 nitrogen and oxygen atoms in total. The smallest absolute Gasteiger partial charge is 0.228 e. The standard InChI is InChI=1S/C21H22ClN3O2S/c1-13(2)20(27)25-21-24-17-9-7-14(11-18(17)28-21)8-10-19(26)23-12-15-5-3-4-6-16(15)22/h3-7,9,11,13H,8,10,12H2,1-2H3,(H,23,26)(H,24,25,27). The molecular weight excluding hydrogens is 394 g/mol. The molecule has 0 spiro atoms. The fourth-order valence-corrected chi connectivity index (χ4v) is 3.74. The van der Waals surface area contributed by atoms with E-state index in [2.05, 4.69) is 15.6 Å². The first-order valence-corrected chi connectivity index (χ1v) is 10.3. The van der Waals surface area contributed by atoms with E-state index in [1.165, 1.54) is 11.3 Å². The lowest BCUT2D eigenvalue weighted by atomic mass is 10.1. The zero-order chi connectivity index (χ0) is 20.1. The minimum Gasteiger partial charge on any atom is -0.352 e. The van der Waals surface area contributed by atoms with E-state index in [1.807, 2.05) is 56.3 Å². The van der Waals surface area contributed by atoms with Crippen molar-refractivity contribution in [3.8, 4) is 0 Å². The van der Waals surface area contributed by atoms with Crippen LogP contribution in [0.15, 0.2) is 42.5 Å². The van der Waals surface area contributed by atoms with Crippen LogP contribution in [-0.4, -0.2) is 16.8 Å². The molecular formula is C21H22ClN3O2S. The summed E-state index contributed by atoms with van der Waals surface area (Å²) in [6, 6.07) is 13.4. The van der Waals surface area contributed by atoms with E-state index in [0.717, 1.165) is 21.3 Å². The summed E-state index contributed by atoms with van der Waals surface area (Å²) in [6.07, 6.45) is 1.03. The average Bonchev–Trinajstić information content (AvgIpc) is 3.07. The average molecular weight is 416 g/mol. The largest absolute Gasteiger partial charge is 0.352 e. The number of benzene rings is 2. The van der Waals surface area contributed by atoms with Gasteiger partial charge in [0.2, 0.25) is 11.8 Å². The molecule has 2 aromatic carbocycles. The number of carbonyl (C=O) groups excluding carboxylic acids is 2. The fraction of sp³-hybridized carbons (Fsp3) is 0.286. The second-order valence-electron chi connectivity index (χ2n) is 6.83. The molecule has 0 radical (unpaired) electrons. The van der Waals surface area contributed by atoms with Crippen molar-refractivity contribution in [2.45, 2.75) is 33.2 Å². The summed E-state index contributed by atoms with van der Waals surface area (Å²) in [7, 11) is 0. The summed E-state index contributed by atoms with van der Waals surface area (Å²) in [5.41, 5.74) is 2.81. The van der Waals surface area contributed by atoms with E-state index >= 15 is 0 Å². The quantitative estimate of drug-likeness (QED) is 0.582. The topological polar surface area (TPSA) is 71.1 Å². The maximum Gasteiger partial charge on any atom is 0.228 e. The summed E-state index contributed by atoms with van der Waals surface area (Å²) >= 11 is 7.55. The summed E-state index contributed by atoms with van der Waals surface area (Å²) in [5, 5.41) is 6.99. The molecule has 3 rings (SSSR count). The molecule has 1 aromatic heterocycles. The van der Waals surface area contributed by atoms with Crippen LogP contribution < -0.4 is 10.6 Å². The van der Waals surface area contributed by atoms with Gasteiger partial charge in [-0.3, -0.25) is 9.59 Å². The van der Waals surface area contributed by atoms with Crippen molar-refractivity contribution in [1.29, 1.82) is 0 Å². The highest BCUT2D eigenvalue weighted by Gasteiger charge is 2.11. The van der Waals surface area contributed by atoms with E-state index in [9.17, 15) is 9.59 Å². The molecule has 28 heavy (non-hydrogen) atoms. The van der Waals surface area contributed by atoms with Gasteiger partial charge in [0.1, 0.15) is 0 Å². The van der Waals surface area contributed by atoms with Crippen molar-refractivity contribution in [2.24, 2.45) is 5.92 Å². The molecule has 0 bridgehead atoms. The van der Waals surface area contributed by atoms with Crippen molar-refractivity contribution in [1.82, 2.24) is 10.3 Å². The van der Waals surface area contributed by atoms with Gasteiger partial charge in [-0.15, -0.1) is 0 Å². The lowest BCUT2D eigenvalue weighted by Gasteiger charge is -2.07. The number of hydrogen-bond donors (Lipinski definition) is 2. The van der Waals surface area contributed by atoms with Crippen LogP contribution in [0.2, 0.25) is 5.02 Å². The number of thiazole rings is 1. The van der Waals surface area contributed by atoms with Crippen LogP contribution in [0.4, 0.5) is 5.13 Å². The molecule has 7 heteroatoms. The Hall–Kier alpha value is -2.44. The molecule has 0 atom stereocenters. The number of nitrogens with one attached hydrogen (secondary N) is 2. The van der Waals surface area contributed by atoms with Gasteiger partial charge < -0.3 is 10.6 Å². The van der Waals surface area contributed by atoms with Crippen molar-refractivity contribution < 1.29 is 9.59 Å². The molecule has 146 valence electrons. The van der Waals surface area contributed by atoms with Gasteiger partial charge in [0.15, 0.2) is 5.13 Å². The van der Waals surface area contributed by atoms with E-state index in [-0.39, 0.29) is 17.7 Å². The number of fused-ring (bicyclic) bond motifs is 1. The van der Waals surface area contributed by atoms with Gasteiger partial charge in [-0.05, 0) is 35.7 Å². The number of carbonyl (C=O) groups is 2. The van der Waals surface area contributed by atoms with Crippen LogP contribution in [0.25, 0.3) is 10.2 Å². The Bertz CT molecular complexity index is 1000. The number of halogens is 1. The van der Waals surface area contributed by atoms with Crippen molar-refractivity contribution in [3.05, 3.63) is 58.6 Å². The third-order valence-corrected chi connectivity index (χ3v) is 5.58. The Morgan fingerprint density at radius 2 is 1.96 bits per heavy atom. The monoisotopic (exact) mass is 415 g/mol. The van der Waals surface area contributed by atoms with Crippen LogP contribution in [-0.2, 0) is 22.6 Å². The molecule has 2 amide bonds.